The number of hydrogen-bond acceptors (Lipinski definition) is 6. The van der Waals surface area contributed by atoms with Crippen LogP contribution in [0.4, 0.5) is 0 Å². The van der Waals surface area contributed by atoms with E-state index in [0.717, 1.165) is 16.5 Å². The van der Waals surface area contributed by atoms with Crippen LogP contribution < -0.4 is 0 Å². The fourth-order valence-electron chi connectivity index (χ4n) is 1.81. The van der Waals surface area contributed by atoms with Gasteiger partial charge in [-0.1, -0.05) is 12.1 Å². The lowest BCUT2D eigenvalue weighted by atomic mass is 10.1. The van der Waals surface area contributed by atoms with Gasteiger partial charge in [0, 0.05) is 28.3 Å². The number of sulfone groups is 1. The van der Waals surface area contributed by atoms with Gasteiger partial charge in [0.15, 0.2) is 0 Å². The van der Waals surface area contributed by atoms with E-state index in [9.17, 15) is 13.5 Å². The summed E-state index contributed by atoms with van der Waals surface area (Å²) < 4.78 is 22.9. The third kappa shape index (κ3) is 2.25. The maximum Gasteiger partial charge on any atom is 0.248 e. The topological polar surface area (TPSA) is 80.2 Å². The van der Waals surface area contributed by atoms with Crippen LogP contribution in [0.2, 0.25) is 0 Å². The number of phenols is 1. The number of thiophene rings is 1. The Hall–Kier alpha value is -1.99. The third-order valence-electron chi connectivity index (χ3n) is 2.75. The highest BCUT2D eigenvalue weighted by Gasteiger charge is 2.14. The van der Waals surface area contributed by atoms with Crippen molar-refractivity contribution in [3.8, 4) is 16.2 Å². The van der Waals surface area contributed by atoms with Crippen molar-refractivity contribution in [2.45, 2.75) is 5.16 Å². The molecular formula is C13H10N2O3S2. The van der Waals surface area contributed by atoms with Gasteiger partial charge in [-0.15, -0.1) is 11.3 Å². The van der Waals surface area contributed by atoms with E-state index < -0.39 is 9.84 Å². The molecule has 0 radical (unpaired) electrons. The van der Waals surface area contributed by atoms with Gasteiger partial charge in [0.25, 0.3) is 0 Å². The van der Waals surface area contributed by atoms with Crippen molar-refractivity contribution in [1.82, 2.24) is 9.97 Å². The van der Waals surface area contributed by atoms with Gasteiger partial charge >= 0.3 is 0 Å². The maximum absolute atomic E-state index is 11.4. The Morgan fingerprint density at radius 1 is 1.25 bits per heavy atom. The summed E-state index contributed by atoms with van der Waals surface area (Å²) in [5.41, 5.74) is 0.691. The Bertz CT molecular complexity index is 901. The lowest BCUT2D eigenvalue weighted by molar-refractivity contribution is 0.477. The SMILES string of the molecule is CS(=O)(=O)c1ncc2cc(-c3ccccc3O)sc2n1. The van der Waals surface area contributed by atoms with Crippen molar-refractivity contribution in [2.75, 3.05) is 6.26 Å². The highest BCUT2D eigenvalue weighted by Crippen LogP contribution is 2.36. The first-order valence-corrected chi connectivity index (χ1v) is 8.41. The molecule has 0 aliphatic carbocycles. The van der Waals surface area contributed by atoms with Crippen molar-refractivity contribution in [3.63, 3.8) is 0 Å². The summed E-state index contributed by atoms with van der Waals surface area (Å²) in [4.78, 5) is 9.31. The molecule has 7 heteroatoms. The van der Waals surface area contributed by atoms with E-state index in [0.29, 0.717) is 10.4 Å². The Labute approximate surface area is 119 Å². The predicted molar refractivity (Wildman–Crippen MR) is 77.6 cm³/mol. The summed E-state index contributed by atoms with van der Waals surface area (Å²) in [5, 5.41) is 10.4. The Morgan fingerprint density at radius 2 is 2.00 bits per heavy atom. The van der Waals surface area contributed by atoms with Gasteiger partial charge in [-0.05, 0) is 18.2 Å². The molecule has 0 bridgehead atoms. The van der Waals surface area contributed by atoms with Gasteiger partial charge in [0.05, 0.1) is 0 Å². The summed E-state index contributed by atoms with van der Waals surface area (Å²) in [6.45, 7) is 0. The molecule has 0 spiro atoms. The normalized spacial score (nSPS) is 11.8. The quantitative estimate of drug-likeness (QED) is 0.736. The second kappa shape index (κ2) is 4.53. The summed E-state index contributed by atoms with van der Waals surface area (Å²) in [6.07, 6.45) is 2.56. The first-order chi connectivity index (χ1) is 9.45. The molecule has 0 unspecified atom stereocenters. The van der Waals surface area contributed by atoms with Crippen molar-refractivity contribution < 1.29 is 13.5 Å². The van der Waals surface area contributed by atoms with E-state index in [1.807, 2.05) is 12.1 Å². The molecule has 0 fully saturated rings. The third-order valence-corrected chi connectivity index (χ3v) is 4.69. The fourth-order valence-corrected chi connectivity index (χ4v) is 3.41. The number of rotatable bonds is 2. The van der Waals surface area contributed by atoms with Crippen molar-refractivity contribution in [3.05, 3.63) is 36.5 Å². The average molecular weight is 306 g/mol. The molecule has 102 valence electrons. The fraction of sp³-hybridized carbons (Fsp3) is 0.0769. The number of fused-ring (bicyclic) bond motifs is 1. The maximum atomic E-state index is 11.4. The largest absolute Gasteiger partial charge is 0.507 e. The number of aromatic hydroxyl groups is 1. The molecule has 2 heterocycles. The van der Waals surface area contributed by atoms with Crippen LogP contribution in [-0.2, 0) is 9.84 Å². The molecule has 1 aromatic carbocycles. The van der Waals surface area contributed by atoms with Crippen LogP contribution >= 0.6 is 11.3 Å². The first-order valence-electron chi connectivity index (χ1n) is 5.70. The van der Waals surface area contributed by atoms with Crippen LogP contribution in [0.5, 0.6) is 5.75 Å². The molecule has 0 amide bonds. The molecule has 0 atom stereocenters. The second-order valence-corrected chi connectivity index (χ2v) is 7.25. The zero-order valence-corrected chi connectivity index (χ0v) is 12.1. The van der Waals surface area contributed by atoms with Crippen molar-refractivity contribution in [2.24, 2.45) is 0 Å². The summed E-state index contributed by atoms with van der Waals surface area (Å²) in [5.74, 6) is 0.176. The Balaban J connectivity index is 2.19. The van der Waals surface area contributed by atoms with Crippen LogP contribution in [0, 0.1) is 0 Å². The zero-order chi connectivity index (χ0) is 14.3. The van der Waals surface area contributed by atoms with E-state index in [2.05, 4.69) is 9.97 Å². The van der Waals surface area contributed by atoms with Crippen LogP contribution in [0.15, 0.2) is 41.7 Å². The van der Waals surface area contributed by atoms with Crippen molar-refractivity contribution in [1.29, 1.82) is 0 Å². The molecule has 1 N–H and O–H groups in total. The lowest BCUT2D eigenvalue weighted by Gasteiger charge is -1.99. The molecule has 20 heavy (non-hydrogen) atoms. The molecule has 3 aromatic rings. The Morgan fingerprint density at radius 3 is 2.70 bits per heavy atom. The van der Waals surface area contributed by atoms with E-state index in [4.69, 9.17) is 0 Å². The van der Waals surface area contributed by atoms with Gasteiger partial charge in [0.2, 0.25) is 15.0 Å². The van der Waals surface area contributed by atoms with Gasteiger partial charge < -0.3 is 5.11 Å². The molecule has 0 saturated carbocycles. The van der Waals surface area contributed by atoms with E-state index >= 15 is 0 Å². The van der Waals surface area contributed by atoms with E-state index in [-0.39, 0.29) is 10.9 Å². The first kappa shape index (κ1) is 13.0. The molecule has 0 saturated heterocycles. The van der Waals surface area contributed by atoms with Gasteiger partial charge in [0.1, 0.15) is 10.6 Å². The van der Waals surface area contributed by atoms with Gasteiger partial charge in [-0.3, -0.25) is 0 Å². The molecular weight excluding hydrogens is 296 g/mol. The minimum absolute atomic E-state index is 0.176. The monoisotopic (exact) mass is 306 g/mol. The average Bonchev–Trinajstić information content (AvgIpc) is 2.80. The number of aromatic nitrogens is 2. The van der Waals surface area contributed by atoms with E-state index in [1.165, 1.54) is 17.5 Å². The van der Waals surface area contributed by atoms with Crippen LogP contribution in [0.3, 0.4) is 0 Å². The molecule has 2 aromatic heterocycles. The zero-order valence-electron chi connectivity index (χ0n) is 10.4. The molecule has 3 rings (SSSR count). The highest BCUT2D eigenvalue weighted by molar-refractivity contribution is 7.90. The minimum atomic E-state index is -3.42. The molecule has 5 nitrogen and oxygen atoms in total. The highest BCUT2D eigenvalue weighted by atomic mass is 32.2. The number of phenolic OH excluding ortho intramolecular Hbond substituents is 1. The van der Waals surface area contributed by atoms with Gasteiger partial charge in [-0.25, -0.2) is 18.4 Å². The number of nitrogens with zero attached hydrogens (tertiary/aromatic N) is 2. The Kier molecular flexibility index (Phi) is 2.95. The van der Waals surface area contributed by atoms with Crippen LogP contribution in [0.1, 0.15) is 0 Å². The molecule has 0 aliphatic heterocycles. The van der Waals surface area contributed by atoms with E-state index in [1.54, 1.807) is 18.2 Å². The standard InChI is InChI=1S/C13H10N2O3S2/c1-20(17,18)13-14-7-8-6-11(19-12(8)15-13)9-4-2-3-5-10(9)16/h2-7,16H,1H3. The van der Waals surface area contributed by atoms with Gasteiger partial charge in [-0.2, -0.15) is 0 Å². The lowest BCUT2D eigenvalue weighted by Crippen LogP contribution is -2.02. The minimum Gasteiger partial charge on any atom is -0.507 e. The summed E-state index contributed by atoms with van der Waals surface area (Å²) in [6, 6.07) is 8.81. The van der Waals surface area contributed by atoms with Crippen LogP contribution in [0.25, 0.3) is 20.7 Å². The van der Waals surface area contributed by atoms with Crippen LogP contribution in [-0.4, -0.2) is 29.7 Å². The summed E-state index contributed by atoms with van der Waals surface area (Å²) >= 11 is 1.32. The second-order valence-electron chi connectivity index (χ2n) is 4.31. The number of para-hydroxylation sites is 1. The predicted octanol–water partition coefficient (Wildman–Crippen LogP) is 2.47. The smallest absolute Gasteiger partial charge is 0.248 e. The summed E-state index contributed by atoms with van der Waals surface area (Å²) in [7, 11) is -3.42. The number of hydrogen-bond donors (Lipinski definition) is 1. The number of benzene rings is 1. The molecule has 0 aliphatic rings. The van der Waals surface area contributed by atoms with Crippen molar-refractivity contribution >= 4 is 31.4 Å².